The van der Waals surface area contributed by atoms with Crippen LogP contribution in [0.4, 0.5) is 5.82 Å². The number of hydrogen-bond acceptors (Lipinski definition) is 3. The summed E-state index contributed by atoms with van der Waals surface area (Å²) in [5.41, 5.74) is 0. The summed E-state index contributed by atoms with van der Waals surface area (Å²) in [5.74, 6) is 4.31. The van der Waals surface area contributed by atoms with Gasteiger partial charge in [-0.1, -0.05) is 0 Å². The molecule has 3 nitrogen and oxygen atoms in total. The fourth-order valence-corrected chi connectivity index (χ4v) is 1.34. The minimum atomic E-state index is 0.689. The predicted molar refractivity (Wildman–Crippen MR) is 66.7 cm³/mol. The maximum Gasteiger partial charge on any atom is 0.170 e. The van der Waals surface area contributed by atoms with Gasteiger partial charge in [0.2, 0.25) is 0 Å². The topological polar surface area (TPSA) is 25.4 Å². The number of aromatic nitrogens is 1. The Morgan fingerprint density at radius 3 is 2.94 bits per heavy atom. The molecule has 0 atom stereocenters. The highest BCUT2D eigenvalue weighted by Gasteiger charge is 2.05. The van der Waals surface area contributed by atoms with Gasteiger partial charge in [0.05, 0.1) is 6.61 Å². The van der Waals surface area contributed by atoms with Crippen molar-refractivity contribution in [2.75, 3.05) is 25.6 Å². The van der Waals surface area contributed by atoms with Crippen LogP contribution in [0, 0.1) is 12.3 Å². The SMILES string of the molecule is C#CCCCCOc1cccnc1N(C)C. The van der Waals surface area contributed by atoms with Crippen molar-refractivity contribution in [3.8, 4) is 18.1 Å². The van der Waals surface area contributed by atoms with Crippen LogP contribution in [0.1, 0.15) is 19.3 Å². The van der Waals surface area contributed by atoms with Gasteiger partial charge in [0.25, 0.3) is 0 Å². The van der Waals surface area contributed by atoms with Crippen molar-refractivity contribution in [3.05, 3.63) is 18.3 Å². The van der Waals surface area contributed by atoms with Crippen LogP contribution in [-0.4, -0.2) is 25.7 Å². The normalized spacial score (nSPS) is 9.56. The van der Waals surface area contributed by atoms with E-state index in [0.717, 1.165) is 30.8 Å². The highest BCUT2D eigenvalue weighted by atomic mass is 16.5. The second kappa shape index (κ2) is 6.73. The van der Waals surface area contributed by atoms with Gasteiger partial charge in [0, 0.05) is 26.7 Å². The molecule has 1 aromatic heterocycles. The van der Waals surface area contributed by atoms with Crippen molar-refractivity contribution < 1.29 is 4.74 Å². The average Bonchev–Trinajstić information content (AvgIpc) is 2.29. The molecule has 0 aliphatic carbocycles. The van der Waals surface area contributed by atoms with Gasteiger partial charge >= 0.3 is 0 Å². The van der Waals surface area contributed by atoms with Crippen LogP contribution < -0.4 is 9.64 Å². The third kappa shape index (κ3) is 3.82. The van der Waals surface area contributed by atoms with Gasteiger partial charge in [0.15, 0.2) is 11.6 Å². The number of pyridine rings is 1. The first-order valence-corrected chi connectivity index (χ1v) is 5.44. The molecule has 86 valence electrons. The minimum Gasteiger partial charge on any atom is -0.490 e. The Hall–Kier alpha value is -1.69. The molecule has 0 saturated carbocycles. The zero-order chi connectivity index (χ0) is 11.8. The molecule has 0 fully saturated rings. The Kier molecular flexibility index (Phi) is 5.21. The van der Waals surface area contributed by atoms with E-state index in [9.17, 15) is 0 Å². The number of nitrogens with zero attached hydrogens (tertiary/aromatic N) is 2. The third-order valence-electron chi connectivity index (χ3n) is 2.15. The van der Waals surface area contributed by atoms with Crippen molar-refractivity contribution >= 4 is 5.82 Å². The van der Waals surface area contributed by atoms with E-state index in [0.29, 0.717) is 6.61 Å². The maximum absolute atomic E-state index is 5.67. The van der Waals surface area contributed by atoms with E-state index >= 15 is 0 Å². The van der Waals surface area contributed by atoms with Gasteiger partial charge in [-0.2, -0.15) is 0 Å². The average molecular weight is 218 g/mol. The van der Waals surface area contributed by atoms with E-state index in [2.05, 4.69) is 10.9 Å². The standard InChI is InChI=1S/C13H18N2O/c1-4-5-6-7-11-16-12-9-8-10-14-13(12)15(2)3/h1,8-10H,5-7,11H2,2-3H3. The molecule has 0 aliphatic rings. The molecule has 0 saturated heterocycles. The van der Waals surface area contributed by atoms with E-state index in [1.807, 2.05) is 31.1 Å². The lowest BCUT2D eigenvalue weighted by Gasteiger charge is -2.15. The van der Waals surface area contributed by atoms with Gasteiger partial charge < -0.3 is 9.64 Å². The summed E-state index contributed by atoms with van der Waals surface area (Å²) in [6.45, 7) is 0.689. The van der Waals surface area contributed by atoms with Crippen molar-refractivity contribution in [3.63, 3.8) is 0 Å². The van der Waals surface area contributed by atoms with E-state index in [4.69, 9.17) is 11.2 Å². The molecular weight excluding hydrogens is 200 g/mol. The van der Waals surface area contributed by atoms with Crippen LogP contribution in [0.2, 0.25) is 0 Å². The summed E-state index contributed by atoms with van der Waals surface area (Å²) < 4.78 is 5.67. The number of terminal acetylenes is 1. The Balaban J connectivity index is 2.44. The number of ether oxygens (including phenoxy) is 1. The summed E-state index contributed by atoms with van der Waals surface area (Å²) in [5, 5.41) is 0. The van der Waals surface area contributed by atoms with Crippen LogP contribution in [0.5, 0.6) is 5.75 Å². The van der Waals surface area contributed by atoms with Crippen LogP contribution in [-0.2, 0) is 0 Å². The third-order valence-corrected chi connectivity index (χ3v) is 2.15. The molecule has 0 unspecified atom stereocenters. The first-order chi connectivity index (χ1) is 7.75. The van der Waals surface area contributed by atoms with Gasteiger partial charge in [-0.05, 0) is 25.0 Å². The fourth-order valence-electron chi connectivity index (χ4n) is 1.34. The largest absolute Gasteiger partial charge is 0.490 e. The summed E-state index contributed by atoms with van der Waals surface area (Å²) >= 11 is 0. The maximum atomic E-state index is 5.67. The summed E-state index contributed by atoms with van der Waals surface area (Å²) in [6, 6.07) is 3.81. The molecular formula is C13H18N2O. The molecule has 0 aromatic carbocycles. The molecule has 0 spiro atoms. The smallest absolute Gasteiger partial charge is 0.170 e. The summed E-state index contributed by atoms with van der Waals surface area (Å²) in [7, 11) is 3.90. The molecule has 0 amide bonds. The molecule has 3 heteroatoms. The highest BCUT2D eigenvalue weighted by molar-refractivity contribution is 5.50. The lowest BCUT2D eigenvalue weighted by atomic mass is 10.2. The molecule has 0 aliphatic heterocycles. The van der Waals surface area contributed by atoms with E-state index in [1.165, 1.54) is 0 Å². The van der Waals surface area contributed by atoms with Crippen molar-refractivity contribution in [2.24, 2.45) is 0 Å². The summed E-state index contributed by atoms with van der Waals surface area (Å²) in [6.07, 6.45) is 9.75. The van der Waals surface area contributed by atoms with E-state index in [-0.39, 0.29) is 0 Å². The molecule has 1 aromatic rings. The van der Waals surface area contributed by atoms with Crippen molar-refractivity contribution in [2.45, 2.75) is 19.3 Å². The quantitative estimate of drug-likeness (QED) is 0.541. The second-order valence-corrected chi connectivity index (χ2v) is 3.73. The molecule has 0 radical (unpaired) electrons. The van der Waals surface area contributed by atoms with E-state index < -0.39 is 0 Å². The lowest BCUT2D eigenvalue weighted by Crippen LogP contribution is -2.12. The monoisotopic (exact) mass is 218 g/mol. The summed E-state index contributed by atoms with van der Waals surface area (Å²) in [4.78, 5) is 6.20. The minimum absolute atomic E-state index is 0.689. The van der Waals surface area contributed by atoms with Gasteiger partial charge in [-0.3, -0.25) is 0 Å². The van der Waals surface area contributed by atoms with Crippen molar-refractivity contribution in [1.29, 1.82) is 0 Å². The lowest BCUT2D eigenvalue weighted by molar-refractivity contribution is 0.307. The number of rotatable bonds is 6. The first kappa shape index (κ1) is 12.4. The molecule has 16 heavy (non-hydrogen) atoms. The van der Waals surface area contributed by atoms with Crippen LogP contribution in [0.25, 0.3) is 0 Å². The van der Waals surface area contributed by atoms with Gasteiger partial charge in [0.1, 0.15) is 0 Å². The Bertz CT molecular complexity index is 355. The van der Waals surface area contributed by atoms with Gasteiger partial charge in [-0.25, -0.2) is 4.98 Å². The number of anilines is 1. The van der Waals surface area contributed by atoms with Crippen LogP contribution in [0.15, 0.2) is 18.3 Å². The Morgan fingerprint density at radius 2 is 2.25 bits per heavy atom. The highest BCUT2D eigenvalue weighted by Crippen LogP contribution is 2.23. The Morgan fingerprint density at radius 1 is 1.44 bits per heavy atom. The number of unbranched alkanes of at least 4 members (excludes halogenated alkanes) is 2. The first-order valence-electron chi connectivity index (χ1n) is 5.44. The predicted octanol–water partition coefficient (Wildman–Crippen LogP) is 2.33. The van der Waals surface area contributed by atoms with Crippen LogP contribution in [0.3, 0.4) is 0 Å². The zero-order valence-corrected chi connectivity index (χ0v) is 9.94. The Labute approximate surface area is 97.4 Å². The van der Waals surface area contributed by atoms with Gasteiger partial charge in [-0.15, -0.1) is 12.3 Å². The molecule has 0 bridgehead atoms. The molecule has 0 N–H and O–H groups in total. The van der Waals surface area contributed by atoms with Crippen molar-refractivity contribution in [1.82, 2.24) is 4.98 Å². The molecule has 1 heterocycles. The number of hydrogen-bond donors (Lipinski definition) is 0. The second-order valence-electron chi connectivity index (χ2n) is 3.73. The fraction of sp³-hybridized carbons (Fsp3) is 0.462. The van der Waals surface area contributed by atoms with E-state index in [1.54, 1.807) is 6.20 Å². The molecule has 1 rings (SSSR count). The van der Waals surface area contributed by atoms with Crippen LogP contribution >= 0.6 is 0 Å². The zero-order valence-electron chi connectivity index (χ0n) is 9.94.